The molecule has 0 spiro atoms. The summed E-state index contributed by atoms with van der Waals surface area (Å²) in [5, 5.41) is -0.0366. The predicted molar refractivity (Wildman–Crippen MR) is 81.6 cm³/mol. The minimum Gasteiger partial charge on any atom is -0.497 e. The van der Waals surface area contributed by atoms with Gasteiger partial charge in [0.2, 0.25) is 5.56 Å². The molecule has 0 radical (unpaired) electrons. The van der Waals surface area contributed by atoms with Gasteiger partial charge >= 0.3 is 6.18 Å². The van der Waals surface area contributed by atoms with Crippen LogP contribution < -0.4 is 10.3 Å². The third kappa shape index (κ3) is 2.92. The number of aromatic amines is 1. The van der Waals surface area contributed by atoms with Crippen LogP contribution in [0.5, 0.6) is 5.75 Å². The second-order valence-electron chi connectivity index (χ2n) is 5.03. The number of H-pyrrole nitrogens is 1. The first-order chi connectivity index (χ1) is 10.9. The lowest BCUT2D eigenvalue weighted by Gasteiger charge is -2.11. The van der Waals surface area contributed by atoms with E-state index in [9.17, 15) is 18.0 Å². The number of hydrogen-bond acceptors (Lipinski definition) is 2. The number of methoxy groups -OCH3 is 1. The number of halogens is 3. The highest BCUT2D eigenvalue weighted by atomic mass is 19.4. The van der Waals surface area contributed by atoms with E-state index in [-0.39, 0.29) is 10.9 Å². The van der Waals surface area contributed by atoms with E-state index in [0.29, 0.717) is 17.4 Å². The molecule has 1 aromatic heterocycles. The summed E-state index contributed by atoms with van der Waals surface area (Å²) in [5.74, 6) is 0.662. The Hall–Kier alpha value is -2.76. The molecule has 0 atom stereocenters. The molecule has 0 saturated heterocycles. The zero-order chi connectivity index (χ0) is 16.6. The van der Waals surface area contributed by atoms with Crippen molar-refractivity contribution in [1.29, 1.82) is 0 Å². The number of pyridine rings is 1. The van der Waals surface area contributed by atoms with E-state index >= 15 is 0 Å². The van der Waals surface area contributed by atoms with Crippen LogP contribution >= 0.6 is 0 Å². The molecule has 1 heterocycles. The van der Waals surface area contributed by atoms with Gasteiger partial charge in [0.15, 0.2) is 0 Å². The quantitative estimate of drug-likeness (QED) is 0.768. The number of hydrogen-bond donors (Lipinski definition) is 1. The number of rotatable bonds is 2. The van der Waals surface area contributed by atoms with Gasteiger partial charge in [0.25, 0.3) is 0 Å². The average Bonchev–Trinajstić information content (AvgIpc) is 2.53. The topological polar surface area (TPSA) is 42.1 Å². The Morgan fingerprint density at radius 3 is 2.22 bits per heavy atom. The molecule has 2 aromatic carbocycles. The zero-order valence-corrected chi connectivity index (χ0v) is 12.1. The molecular weight excluding hydrogens is 307 g/mol. The summed E-state index contributed by atoms with van der Waals surface area (Å²) in [6, 6.07) is 12.1. The molecule has 0 aliphatic carbocycles. The fourth-order valence-electron chi connectivity index (χ4n) is 2.45. The smallest absolute Gasteiger partial charge is 0.417 e. The highest BCUT2D eigenvalue weighted by Gasteiger charge is 2.33. The van der Waals surface area contributed by atoms with Gasteiger partial charge in [-0.15, -0.1) is 0 Å². The number of nitrogens with one attached hydrogen (secondary N) is 1. The van der Waals surface area contributed by atoms with Gasteiger partial charge in [-0.3, -0.25) is 4.79 Å². The van der Waals surface area contributed by atoms with Crippen molar-refractivity contribution in [3.05, 3.63) is 64.4 Å². The van der Waals surface area contributed by atoms with Gasteiger partial charge in [-0.05, 0) is 35.4 Å². The van der Waals surface area contributed by atoms with Crippen molar-refractivity contribution >= 4 is 10.9 Å². The molecule has 3 aromatic rings. The molecule has 0 bridgehead atoms. The van der Waals surface area contributed by atoms with Crippen LogP contribution in [0.15, 0.2) is 53.3 Å². The molecule has 3 rings (SSSR count). The number of alkyl halides is 3. The Kier molecular flexibility index (Phi) is 3.60. The van der Waals surface area contributed by atoms with Crippen LogP contribution in [-0.4, -0.2) is 12.1 Å². The molecule has 0 unspecified atom stereocenters. The highest BCUT2D eigenvalue weighted by Crippen LogP contribution is 2.35. The Labute approximate surface area is 129 Å². The third-order valence-electron chi connectivity index (χ3n) is 3.57. The van der Waals surface area contributed by atoms with Gasteiger partial charge < -0.3 is 9.72 Å². The van der Waals surface area contributed by atoms with E-state index in [1.165, 1.54) is 19.2 Å². The predicted octanol–water partition coefficient (Wildman–Crippen LogP) is 4.22. The second kappa shape index (κ2) is 5.46. The molecule has 23 heavy (non-hydrogen) atoms. The molecule has 118 valence electrons. The lowest BCUT2D eigenvalue weighted by molar-refractivity contribution is -0.136. The van der Waals surface area contributed by atoms with E-state index in [1.54, 1.807) is 30.3 Å². The lowest BCUT2D eigenvalue weighted by Crippen LogP contribution is -2.13. The maximum Gasteiger partial charge on any atom is 0.417 e. The van der Waals surface area contributed by atoms with Gasteiger partial charge in [-0.25, -0.2) is 0 Å². The van der Waals surface area contributed by atoms with Crippen molar-refractivity contribution in [3.63, 3.8) is 0 Å². The zero-order valence-electron chi connectivity index (χ0n) is 12.1. The molecule has 3 nitrogen and oxygen atoms in total. The van der Waals surface area contributed by atoms with Crippen molar-refractivity contribution in [2.24, 2.45) is 0 Å². The summed E-state index contributed by atoms with van der Waals surface area (Å²) in [6.07, 6.45) is -4.59. The van der Waals surface area contributed by atoms with Crippen LogP contribution in [0, 0.1) is 0 Å². The fourth-order valence-corrected chi connectivity index (χ4v) is 2.45. The third-order valence-corrected chi connectivity index (χ3v) is 3.57. The first-order valence-corrected chi connectivity index (χ1v) is 6.77. The number of aromatic nitrogens is 1. The minimum atomic E-state index is -4.59. The van der Waals surface area contributed by atoms with Gasteiger partial charge in [0.1, 0.15) is 5.75 Å². The van der Waals surface area contributed by atoms with Crippen LogP contribution in [-0.2, 0) is 6.18 Å². The van der Waals surface area contributed by atoms with Gasteiger partial charge in [0, 0.05) is 17.0 Å². The Morgan fingerprint density at radius 2 is 1.61 bits per heavy atom. The number of fused-ring (bicyclic) bond motifs is 1. The van der Waals surface area contributed by atoms with Crippen molar-refractivity contribution in [3.8, 4) is 16.9 Å². The molecule has 0 amide bonds. The average molecular weight is 319 g/mol. The van der Waals surface area contributed by atoms with Crippen LogP contribution in [0.3, 0.4) is 0 Å². The van der Waals surface area contributed by atoms with E-state index < -0.39 is 17.3 Å². The Bertz CT molecular complexity index is 912. The van der Waals surface area contributed by atoms with Gasteiger partial charge in [-0.2, -0.15) is 13.2 Å². The first kappa shape index (κ1) is 15.1. The fraction of sp³-hybridized carbons (Fsp3) is 0.118. The SMILES string of the molecule is COc1ccc(-c2ccc3[nH]c(=O)cc(C(F)(F)F)c3c2)cc1. The van der Waals surface area contributed by atoms with Crippen LogP contribution in [0.1, 0.15) is 5.56 Å². The molecule has 1 N–H and O–H groups in total. The van der Waals surface area contributed by atoms with E-state index in [2.05, 4.69) is 4.98 Å². The van der Waals surface area contributed by atoms with Gasteiger partial charge in [0.05, 0.1) is 12.7 Å². The summed E-state index contributed by atoms with van der Waals surface area (Å²) in [5.41, 5.74) is -0.180. The summed E-state index contributed by atoms with van der Waals surface area (Å²) in [6.45, 7) is 0. The van der Waals surface area contributed by atoms with Crippen molar-refractivity contribution in [2.75, 3.05) is 7.11 Å². The summed E-state index contributed by atoms with van der Waals surface area (Å²) >= 11 is 0. The lowest BCUT2D eigenvalue weighted by atomic mass is 10.0. The van der Waals surface area contributed by atoms with E-state index in [4.69, 9.17) is 4.74 Å². The van der Waals surface area contributed by atoms with Crippen molar-refractivity contribution < 1.29 is 17.9 Å². The largest absolute Gasteiger partial charge is 0.497 e. The standard InChI is InChI=1S/C17H12F3NO2/c1-23-12-5-2-10(3-6-12)11-4-7-15-13(8-11)14(17(18,19)20)9-16(22)21-15/h2-9H,1H3,(H,21,22). The van der Waals surface area contributed by atoms with Crippen LogP contribution in [0.2, 0.25) is 0 Å². The van der Waals surface area contributed by atoms with Crippen LogP contribution in [0.4, 0.5) is 13.2 Å². The Balaban J connectivity index is 2.21. The molecular formula is C17H12F3NO2. The first-order valence-electron chi connectivity index (χ1n) is 6.77. The maximum absolute atomic E-state index is 13.2. The van der Waals surface area contributed by atoms with E-state index in [0.717, 1.165) is 5.56 Å². The highest BCUT2D eigenvalue weighted by molar-refractivity contribution is 5.87. The maximum atomic E-state index is 13.2. The minimum absolute atomic E-state index is 0.0366. The van der Waals surface area contributed by atoms with Crippen molar-refractivity contribution in [2.45, 2.75) is 6.18 Å². The number of benzene rings is 2. The normalized spacial score (nSPS) is 11.7. The summed E-state index contributed by atoms with van der Waals surface area (Å²) < 4.78 is 44.5. The number of ether oxygens (including phenoxy) is 1. The van der Waals surface area contributed by atoms with E-state index in [1.807, 2.05) is 0 Å². The molecule has 0 fully saturated rings. The molecule has 0 aliphatic rings. The van der Waals surface area contributed by atoms with Crippen LogP contribution in [0.25, 0.3) is 22.0 Å². The molecule has 0 saturated carbocycles. The van der Waals surface area contributed by atoms with Crippen molar-refractivity contribution in [1.82, 2.24) is 4.98 Å². The monoisotopic (exact) mass is 319 g/mol. The molecule has 0 aliphatic heterocycles. The Morgan fingerprint density at radius 1 is 0.957 bits per heavy atom. The summed E-state index contributed by atoms with van der Waals surface area (Å²) in [7, 11) is 1.54. The second-order valence-corrected chi connectivity index (χ2v) is 5.03. The summed E-state index contributed by atoms with van der Waals surface area (Å²) in [4.78, 5) is 13.8. The van der Waals surface area contributed by atoms with Gasteiger partial charge in [-0.1, -0.05) is 18.2 Å². The molecule has 6 heteroatoms.